The molecule has 28 heavy (non-hydrogen) atoms. The number of fused-ring (bicyclic) bond motifs is 4. The third-order valence-electron chi connectivity index (χ3n) is 5.67. The topological polar surface area (TPSA) is 44.9 Å². The van der Waals surface area contributed by atoms with Crippen LogP contribution in [0.15, 0.2) is 64.5 Å². The van der Waals surface area contributed by atoms with Crippen LogP contribution in [-0.4, -0.2) is 4.98 Å². The van der Waals surface area contributed by atoms with Crippen molar-refractivity contribution in [2.24, 2.45) is 5.92 Å². The molecule has 0 spiro atoms. The molecule has 2 N–H and O–H groups in total. The van der Waals surface area contributed by atoms with Crippen molar-refractivity contribution in [1.82, 2.24) is 4.98 Å². The zero-order valence-corrected chi connectivity index (χ0v) is 15.7. The van der Waals surface area contributed by atoms with Crippen molar-refractivity contribution < 1.29 is 13.2 Å². The predicted molar refractivity (Wildman–Crippen MR) is 103 cm³/mol. The van der Waals surface area contributed by atoms with Gasteiger partial charge in [-0.2, -0.15) is 13.2 Å². The average molecular weight is 386 g/mol. The first kappa shape index (κ1) is 18.6. The third kappa shape index (κ3) is 2.97. The maximum Gasteiger partial charge on any atom is 0.416 e. The summed E-state index contributed by atoms with van der Waals surface area (Å²) in [6.07, 6.45) is 1.13. The minimum absolute atomic E-state index is 0.0996. The van der Waals surface area contributed by atoms with Gasteiger partial charge in [-0.15, -0.1) is 0 Å². The number of benzene rings is 1. The Morgan fingerprint density at radius 1 is 1.25 bits per heavy atom. The molecule has 0 saturated heterocycles. The molecule has 0 amide bonds. The van der Waals surface area contributed by atoms with E-state index >= 15 is 0 Å². The molecule has 0 fully saturated rings. The van der Waals surface area contributed by atoms with Gasteiger partial charge in [0.05, 0.1) is 11.1 Å². The molecule has 4 rings (SSSR count). The highest BCUT2D eigenvalue weighted by atomic mass is 19.4. The molecule has 1 aromatic carbocycles. The van der Waals surface area contributed by atoms with Crippen LogP contribution in [0.3, 0.4) is 0 Å². The van der Waals surface area contributed by atoms with Crippen LogP contribution >= 0.6 is 0 Å². The van der Waals surface area contributed by atoms with Crippen LogP contribution in [0.5, 0.6) is 0 Å². The normalized spacial score (nSPS) is 25.2. The Morgan fingerprint density at radius 3 is 2.75 bits per heavy atom. The molecule has 2 aliphatic rings. The number of aromatic nitrogens is 1. The van der Waals surface area contributed by atoms with Gasteiger partial charge >= 0.3 is 6.18 Å². The van der Waals surface area contributed by atoms with Crippen LogP contribution in [0, 0.1) is 5.92 Å². The molecule has 0 aliphatic heterocycles. The van der Waals surface area contributed by atoms with E-state index in [1.807, 2.05) is 19.9 Å². The maximum absolute atomic E-state index is 13.2. The van der Waals surface area contributed by atoms with Crippen molar-refractivity contribution in [3.63, 3.8) is 0 Å². The first-order valence-corrected chi connectivity index (χ1v) is 9.25. The Balaban J connectivity index is 1.89. The number of H-pyrrole nitrogens is 1. The van der Waals surface area contributed by atoms with Gasteiger partial charge in [-0.05, 0) is 56.5 Å². The van der Waals surface area contributed by atoms with Crippen LogP contribution in [0.4, 0.5) is 18.9 Å². The van der Waals surface area contributed by atoms with E-state index in [4.69, 9.17) is 0 Å². The Labute approximate surface area is 161 Å². The Bertz CT molecular complexity index is 1050. The number of rotatable bonds is 2. The highest BCUT2D eigenvalue weighted by molar-refractivity contribution is 5.59. The van der Waals surface area contributed by atoms with E-state index in [0.29, 0.717) is 18.5 Å². The summed E-state index contributed by atoms with van der Waals surface area (Å²) >= 11 is 0. The molecule has 146 valence electrons. The molecular formula is C22H21F3N2O. The van der Waals surface area contributed by atoms with E-state index in [1.165, 1.54) is 17.7 Å². The van der Waals surface area contributed by atoms with Crippen LogP contribution in [0.25, 0.3) is 0 Å². The van der Waals surface area contributed by atoms with Crippen LogP contribution in [0.1, 0.15) is 37.1 Å². The molecule has 2 bridgehead atoms. The van der Waals surface area contributed by atoms with Gasteiger partial charge in [-0.3, -0.25) is 4.79 Å². The van der Waals surface area contributed by atoms with Gasteiger partial charge in [0.2, 0.25) is 5.56 Å². The van der Waals surface area contributed by atoms with Gasteiger partial charge in [-0.25, -0.2) is 0 Å². The SMILES string of the molecule is C/C=C1\[C@H]2C=C(C)C[C@]1(Nc1cccc(C(F)(F)F)c1)c1ccc(=O)[nH]c1C2. The van der Waals surface area contributed by atoms with Crippen molar-refractivity contribution in [2.45, 2.75) is 38.4 Å². The van der Waals surface area contributed by atoms with Gasteiger partial charge in [0, 0.05) is 28.9 Å². The molecule has 1 heterocycles. The minimum Gasteiger partial charge on any atom is -0.371 e. The predicted octanol–water partition coefficient (Wildman–Crippen LogP) is 5.17. The van der Waals surface area contributed by atoms with Crippen LogP contribution < -0.4 is 10.9 Å². The van der Waals surface area contributed by atoms with E-state index in [0.717, 1.165) is 29.0 Å². The van der Waals surface area contributed by atoms with E-state index in [9.17, 15) is 18.0 Å². The largest absolute Gasteiger partial charge is 0.416 e. The molecule has 2 atom stereocenters. The number of nitrogens with one attached hydrogen (secondary N) is 2. The summed E-state index contributed by atoms with van der Waals surface area (Å²) < 4.78 is 39.6. The summed E-state index contributed by atoms with van der Waals surface area (Å²) in [7, 11) is 0. The van der Waals surface area contributed by atoms with Crippen molar-refractivity contribution in [2.75, 3.05) is 5.32 Å². The average Bonchev–Trinajstić information content (AvgIpc) is 2.60. The minimum atomic E-state index is -4.40. The summed E-state index contributed by atoms with van der Waals surface area (Å²) in [5.41, 5.74) is 2.92. The molecule has 1 aromatic heterocycles. The lowest BCUT2D eigenvalue weighted by atomic mass is 9.63. The van der Waals surface area contributed by atoms with Gasteiger partial charge in [0.1, 0.15) is 0 Å². The molecule has 2 aromatic rings. The van der Waals surface area contributed by atoms with Gasteiger partial charge < -0.3 is 10.3 Å². The highest BCUT2D eigenvalue weighted by Crippen LogP contribution is 2.51. The lowest BCUT2D eigenvalue weighted by Gasteiger charge is -2.48. The molecule has 2 aliphatic carbocycles. The maximum atomic E-state index is 13.2. The second kappa shape index (κ2) is 6.40. The number of pyridine rings is 1. The van der Waals surface area contributed by atoms with Crippen molar-refractivity contribution in [3.05, 3.63) is 86.9 Å². The number of alkyl halides is 3. The number of hydrogen-bond donors (Lipinski definition) is 2. The van der Waals surface area contributed by atoms with Gasteiger partial charge in [0.15, 0.2) is 0 Å². The summed E-state index contributed by atoms with van der Waals surface area (Å²) in [6, 6.07) is 8.56. The summed E-state index contributed by atoms with van der Waals surface area (Å²) in [4.78, 5) is 14.8. The Morgan fingerprint density at radius 2 is 2.04 bits per heavy atom. The molecule has 0 radical (unpaired) electrons. The standard InChI is InChI=1S/C22H21F3N2O/c1-3-17-14-9-13(2)12-21(17,18-7-8-20(28)26-19(18)10-14)27-16-6-4-5-15(11-16)22(23,24)25/h3-9,11,14,27H,10,12H2,1-2H3,(H,26,28)/b17-3+/t14-,21+/m0/s1. The second-order valence-corrected chi connectivity index (χ2v) is 7.57. The number of aromatic amines is 1. The number of anilines is 1. The zero-order valence-electron chi connectivity index (χ0n) is 15.7. The number of allylic oxidation sites excluding steroid dienone is 2. The summed E-state index contributed by atoms with van der Waals surface area (Å²) in [6.45, 7) is 3.99. The summed E-state index contributed by atoms with van der Waals surface area (Å²) in [5, 5.41) is 3.41. The molecule has 3 nitrogen and oxygen atoms in total. The lowest BCUT2D eigenvalue weighted by Crippen LogP contribution is -2.47. The fraction of sp³-hybridized carbons (Fsp3) is 0.318. The Kier molecular flexibility index (Phi) is 4.25. The number of halogens is 3. The lowest BCUT2D eigenvalue weighted by molar-refractivity contribution is -0.137. The van der Waals surface area contributed by atoms with E-state index in [1.54, 1.807) is 12.1 Å². The first-order valence-electron chi connectivity index (χ1n) is 9.25. The molecule has 6 heteroatoms. The van der Waals surface area contributed by atoms with Gasteiger partial charge in [0.25, 0.3) is 0 Å². The monoisotopic (exact) mass is 386 g/mol. The van der Waals surface area contributed by atoms with E-state index in [-0.39, 0.29) is 11.5 Å². The molecule has 0 unspecified atom stereocenters. The molecule has 0 saturated carbocycles. The fourth-order valence-corrected chi connectivity index (χ4v) is 4.71. The third-order valence-corrected chi connectivity index (χ3v) is 5.67. The van der Waals surface area contributed by atoms with Crippen molar-refractivity contribution >= 4 is 5.69 Å². The molecular weight excluding hydrogens is 365 g/mol. The van der Waals surface area contributed by atoms with Gasteiger partial charge in [-0.1, -0.05) is 23.8 Å². The second-order valence-electron chi connectivity index (χ2n) is 7.57. The first-order chi connectivity index (χ1) is 13.2. The van der Waals surface area contributed by atoms with Crippen molar-refractivity contribution in [1.29, 1.82) is 0 Å². The quantitative estimate of drug-likeness (QED) is 0.700. The van der Waals surface area contributed by atoms with Crippen molar-refractivity contribution in [3.8, 4) is 0 Å². The van der Waals surface area contributed by atoms with Crippen LogP contribution in [0.2, 0.25) is 0 Å². The fourth-order valence-electron chi connectivity index (χ4n) is 4.71. The smallest absolute Gasteiger partial charge is 0.371 e. The zero-order chi connectivity index (χ0) is 20.1. The Hall–Kier alpha value is -2.76. The summed E-state index contributed by atoms with van der Waals surface area (Å²) in [5.74, 6) is 0.0996. The van der Waals surface area contributed by atoms with Crippen LogP contribution in [-0.2, 0) is 18.1 Å². The highest BCUT2D eigenvalue weighted by Gasteiger charge is 2.47. The number of hydrogen-bond acceptors (Lipinski definition) is 2. The van der Waals surface area contributed by atoms with E-state index in [2.05, 4.69) is 16.4 Å². The van der Waals surface area contributed by atoms with E-state index < -0.39 is 17.3 Å².